The molecule has 0 radical (unpaired) electrons. The Morgan fingerprint density at radius 2 is 2.07 bits per heavy atom. The van der Waals surface area contributed by atoms with Gasteiger partial charge in [-0.15, -0.1) is 0 Å². The van der Waals surface area contributed by atoms with Gasteiger partial charge in [0, 0.05) is 16.8 Å². The molecule has 0 amide bonds. The third-order valence-corrected chi connectivity index (χ3v) is 5.31. The van der Waals surface area contributed by atoms with Gasteiger partial charge in [0.2, 0.25) is 0 Å². The molecule has 1 heterocycles. The van der Waals surface area contributed by atoms with Gasteiger partial charge in [0.25, 0.3) is 0 Å². The van der Waals surface area contributed by atoms with E-state index in [0.717, 1.165) is 33.3 Å². The third kappa shape index (κ3) is 7.47. The molecule has 0 atom stereocenters. The molecule has 1 aliphatic carbocycles. The van der Waals surface area contributed by atoms with E-state index in [1.807, 2.05) is 12.2 Å². The van der Waals surface area contributed by atoms with Crippen LogP contribution in [0.5, 0.6) is 0 Å². The fourth-order valence-corrected chi connectivity index (χ4v) is 3.79. The summed E-state index contributed by atoms with van der Waals surface area (Å²) in [4.78, 5) is 19.2. The van der Waals surface area contributed by atoms with Gasteiger partial charge in [-0.1, -0.05) is 55.4 Å². The molecule has 1 N–H and O–H groups in total. The fourth-order valence-electron chi connectivity index (χ4n) is 2.96. The first-order chi connectivity index (χ1) is 13.0. The smallest absolute Gasteiger partial charge is 0.183 e. The van der Waals surface area contributed by atoms with Crippen molar-refractivity contribution in [3.8, 4) is 0 Å². The molecule has 0 unspecified atom stereocenters. The molecule has 0 aliphatic heterocycles. The van der Waals surface area contributed by atoms with Crippen LogP contribution in [0.3, 0.4) is 0 Å². The average molecular weight is 384 g/mol. The van der Waals surface area contributed by atoms with E-state index in [1.54, 1.807) is 24.5 Å². The van der Waals surface area contributed by atoms with Crippen LogP contribution >= 0.6 is 11.3 Å². The lowest BCUT2D eigenvalue weighted by atomic mass is 9.96. The summed E-state index contributed by atoms with van der Waals surface area (Å²) < 4.78 is 0.981. The lowest BCUT2D eigenvalue weighted by molar-refractivity contribution is -0.102. The molecule has 2 rings (SSSR count). The monoisotopic (exact) mass is 383 g/mol. The molecule has 0 saturated heterocycles. The Hall–Kier alpha value is -2.27. The standard InChI is InChI=1S/C22H29N3OS/c1-16(14-17(2)12-13-23-18(3)15-26)10-11-21-19(4)27-22(25-21)24-20-8-6-5-7-9-20/h10-13,15,20H,2,4-9,14H2,1,3H3,(H,24,25)/b13-12-,16-10+,21-11+,23-18+. The van der Waals surface area contributed by atoms with Crippen LogP contribution in [0.15, 0.2) is 41.1 Å². The van der Waals surface area contributed by atoms with Gasteiger partial charge >= 0.3 is 0 Å². The van der Waals surface area contributed by atoms with Crippen molar-refractivity contribution < 1.29 is 4.79 Å². The topological polar surface area (TPSA) is 54.4 Å². The van der Waals surface area contributed by atoms with Crippen LogP contribution in [-0.4, -0.2) is 23.0 Å². The molecular formula is C22H29N3OS. The van der Waals surface area contributed by atoms with Crippen molar-refractivity contribution in [2.75, 3.05) is 5.32 Å². The van der Waals surface area contributed by atoms with Crippen molar-refractivity contribution in [3.63, 3.8) is 0 Å². The molecule has 144 valence electrons. The SMILES string of the molecule is C=C(/C=C\N=C(/C)C=O)C/C(C)=C/C=c1/nc(NC2CCCCC2)sc1=C. The van der Waals surface area contributed by atoms with Gasteiger partial charge in [-0.25, -0.2) is 4.98 Å². The van der Waals surface area contributed by atoms with Gasteiger partial charge in [-0.05, 0) is 50.8 Å². The number of aldehydes is 1. The quantitative estimate of drug-likeness (QED) is 0.417. The summed E-state index contributed by atoms with van der Waals surface area (Å²) in [5.74, 6) is 0. The molecule has 1 aromatic rings. The van der Waals surface area contributed by atoms with E-state index in [-0.39, 0.29) is 0 Å². The van der Waals surface area contributed by atoms with Crippen molar-refractivity contribution >= 4 is 41.1 Å². The maximum absolute atomic E-state index is 10.5. The van der Waals surface area contributed by atoms with Gasteiger partial charge < -0.3 is 5.32 Å². The fraction of sp³-hybridized carbons (Fsp3) is 0.409. The summed E-state index contributed by atoms with van der Waals surface area (Å²) in [6.07, 6.45) is 15.4. The Labute approximate surface area is 165 Å². The second-order valence-electron chi connectivity index (χ2n) is 7.03. The second-order valence-corrected chi connectivity index (χ2v) is 8.11. The predicted octanol–water partition coefficient (Wildman–Crippen LogP) is 4.14. The van der Waals surface area contributed by atoms with Crippen molar-refractivity contribution in [3.05, 3.63) is 46.0 Å². The first-order valence-electron chi connectivity index (χ1n) is 9.41. The van der Waals surface area contributed by atoms with E-state index in [4.69, 9.17) is 4.98 Å². The minimum atomic E-state index is 0.448. The van der Waals surface area contributed by atoms with Crippen molar-refractivity contribution in [1.29, 1.82) is 0 Å². The first-order valence-corrected chi connectivity index (χ1v) is 10.2. The number of carbonyl (C=O) groups is 1. The number of hydrogen-bond acceptors (Lipinski definition) is 5. The highest BCUT2D eigenvalue weighted by molar-refractivity contribution is 7.13. The second kappa shape index (κ2) is 10.8. The summed E-state index contributed by atoms with van der Waals surface area (Å²) in [5, 5.41) is 5.46. The minimum Gasteiger partial charge on any atom is -0.359 e. The molecule has 0 aromatic carbocycles. The zero-order valence-electron chi connectivity index (χ0n) is 16.3. The van der Waals surface area contributed by atoms with E-state index in [9.17, 15) is 4.79 Å². The lowest BCUT2D eigenvalue weighted by Gasteiger charge is -2.22. The van der Waals surface area contributed by atoms with Gasteiger partial charge in [-0.3, -0.25) is 9.79 Å². The van der Waals surface area contributed by atoms with Gasteiger partial charge in [-0.2, -0.15) is 0 Å². The predicted molar refractivity (Wildman–Crippen MR) is 118 cm³/mol. The molecule has 5 heteroatoms. The number of carbonyl (C=O) groups excluding carboxylic acids is 1. The molecule has 0 bridgehead atoms. The van der Waals surface area contributed by atoms with Crippen LogP contribution in [0.4, 0.5) is 5.13 Å². The van der Waals surface area contributed by atoms with Crippen LogP contribution in [0.2, 0.25) is 0 Å². The van der Waals surface area contributed by atoms with Crippen LogP contribution in [0.25, 0.3) is 12.7 Å². The summed E-state index contributed by atoms with van der Waals surface area (Å²) in [5.41, 5.74) is 2.56. The highest BCUT2D eigenvalue weighted by Gasteiger charge is 2.13. The Kier molecular flexibility index (Phi) is 8.40. The number of rotatable bonds is 8. The molecule has 1 fully saturated rings. The first kappa shape index (κ1) is 21.0. The number of anilines is 1. The highest BCUT2D eigenvalue weighted by Crippen LogP contribution is 2.21. The van der Waals surface area contributed by atoms with Crippen molar-refractivity contribution in [2.24, 2.45) is 4.99 Å². The van der Waals surface area contributed by atoms with Gasteiger partial charge in [0.05, 0.1) is 11.1 Å². The Balaban J connectivity index is 1.97. The number of allylic oxidation sites excluding steroid dienone is 4. The Morgan fingerprint density at radius 1 is 1.33 bits per heavy atom. The number of nitrogens with zero attached hydrogens (tertiary/aromatic N) is 2. The summed E-state index contributed by atoms with van der Waals surface area (Å²) >= 11 is 1.62. The van der Waals surface area contributed by atoms with Crippen LogP contribution < -0.4 is 15.2 Å². The van der Waals surface area contributed by atoms with Gasteiger partial charge in [0.15, 0.2) is 11.4 Å². The average Bonchev–Trinajstić information content (AvgIpc) is 2.99. The van der Waals surface area contributed by atoms with E-state index in [1.165, 1.54) is 37.7 Å². The summed E-state index contributed by atoms with van der Waals surface area (Å²) in [6.45, 7) is 11.9. The number of aliphatic imine (C=N–C) groups is 1. The normalized spacial score (nSPS) is 17.5. The Morgan fingerprint density at radius 3 is 2.78 bits per heavy atom. The van der Waals surface area contributed by atoms with Gasteiger partial charge in [0.1, 0.15) is 0 Å². The third-order valence-electron chi connectivity index (χ3n) is 4.45. The lowest BCUT2D eigenvalue weighted by Crippen LogP contribution is -2.23. The van der Waals surface area contributed by atoms with Crippen LogP contribution in [0.1, 0.15) is 52.4 Å². The summed E-state index contributed by atoms with van der Waals surface area (Å²) in [7, 11) is 0. The maximum Gasteiger partial charge on any atom is 0.183 e. The molecule has 27 heavy (non-hydrogen) atoms. The van der Waals surface area contributed by atoms with E-state index >= 15 is 0 Å². The van der Waals surface area contributed by atoms with E-state index < -0.39 is 0 Å². The number of nitrogens with one attached hydrogen (secondary N) is 1. The molecule has 4 nitrogen and oxygen atoms in total. The summed E-state index contributed by atoms with van der Waals surface area (Å²) in [6, 6.07) is 0.551. The number of hydrogen-bond donors (Lipinski definition) is 1. The largest absolute Gasteiger partial charge is 0.359 e. The number of thiazole rings is 1. The minimum absolute atomic E-state index is 0.448. The van der Waals surface area contributed by atoms with Crippen molar-refractivity contribution in [1.82, 2.24) is 4.98 Å². The molecular weight excluding hydrogens is 354 g/mol. The molecule has 1 aromatic heterocycles. The maximum atomic E-state index is 10.5. The molecule has 1 saturated carbocycles. The number of aromatic nitrogens is 1. The highest BCUT2D eigenvalue weighted by atomic mass is 32.1. The zero-order chi connectivity index (χ0) is 19.6. The molecule has 1 aliphatic rings. The van der Waals surface area contributed by atoms with E-state index in [0.29, 0.717) is 11.8 Å². The molecule has 0 spiro atoms. The zero-order valence-corrected chi connectivity index (χ0v) is 17.1. The van der Waals surface area contributed by atoms with Crippen LogP contribution in [0, 0.1) is 0 Å². The Bertz CT molecular complexity index is 855. The van der Waals surface area contributed by atoms with E-state index in [2.05, 4.69) is 36.5 Å². The van der Waals surface area contributed by atoms with Crippen LogP contribution in [-0.2, 0) is 4.79 Å². The van der Waals surface area contributed by atoms with Crippen molar-refractivity contribution in [2.45, 2.75) is 58.4 Å².